The Morgan fingerprint density at radius 3 is 2.65 bits per heavy atom. The number of carbonyl (C=O) groups excluding carboxylic acids is 1. The summed E-state index contributed by atoms with van der Waals surface area (Å²) in [5.41, 5.74) is 3.03. The summed E-state index contributed by atoms with van der Waals surface area (Å²) >= 11 is 0. The normalized spacial score (nSPS) is 16.3. The van der Waals surface area contributed by atoms with Gasteiger partial charge in [-0.1, -0.05) is 12.1 Å². The predicted octanol–water partition coefficient (Wildman–Crippen LogP) is 2.89. The van der Waals surface area contributed by atoms with E-state index in [1.165, 1.54) is 12.0 Å². The molecule has 1 amide bonds. The third-order valence-corrected chi connectivity index (χ3v) is 4.44. The van der Waals surface area contributed by atoms with E-state index in [1.807, 2.05) is 35.4 Å². The molecule has 2 heterocycles. The van der Waals surface area contributed by atoms with Gasteiger partial charge in [0.2, 0.25) is 0 Å². The predicted molar refractivity (Wildman–Crippen MR) is 90.0 cm³/mol. The second-order valence-electron chi connectivity index (χ2n) is 6.16. The molecule has 3 rings (SSSR count). The van der Waals surface area contributed by atoms with Gasteiger partial charge in [-0.3, -0.25) is 4.79 Å². The van der Waals surface area contributed by atoms with Gasteiger partial charge in [0.15, 0.2) is 0 Å². The third kappa shape index (κ3) is 3.99. The van der Waals surface area contributed by atoms with Crippen molar-refractivity contribution in [2.75, 3.05) is 13.1 Å². The highest BCUT2D eigenvalue weighted by atomic mass is 16.2. The molecule has 1 aromatic heterocycles. The molecule has 2 aromatic rings. The number of likely N-dealkylation sites (tertiary alicyclic amines) is 1. The lowest BCUT2D eigenvalue weighted by Crippen LogP contribution is -2.35. The number of piperidine rings is 1. The van der Waals surface area contributed by atoms with Crippen LogP contribution >= 0.6 is 0 Å². The van der Waals surface area contributed by atoms with Crippen molar-refractivity contribution in [2.45, 2.75) is 38.8 Å². The second kappa shape index (κ2) is 7.42. The summed E-state index contributed by atoms with van der Waals surface area (Å²) in [5.74, 6) is 0.162. The maximum Gasteiger partial charge on any atom is 0.253 e. The van der Waals surface area contributed by atoms with Crippen LogP contribution in [0.15, 0.2) is 36.8 Å². The number of aromatic amines is 1. The molecule has 0 spiro atoms. The smallest absolute Gasteiger partial charge is 0.253 e. The topological polar surface area (TPSA) is 61.0 Å². The molecule has 1 unspecified atom stereocenters. The fourth-order valence-corrected chi connectivity index (χ4v) is 2.93. The van der Waals surface area contributed by atoms with Crippen molar-refractivity contribution in [3.8, 4) is 0 Å². The van der Waals surface area contributed by atoms with Crippen LogP contribution in [0.3, 0.4) is 0 Å². The van der Waals surface area contributed by atoms with Crippen LogP contribution in [-0.2, 0) is 6.54 Å². The maximum absolute atomic E-state index is 12.4. The summed E-state index contributed by atoms with van der Waals surface area (Å²) in [6, 6.07) is 8.16. The number of hydrogen-bond acceptors (Lipinski definition) is 3. The van der Waals surface area contributed by atoms with Crippen molar-refractivity contribution in [2.24, 2.45) is 0 Å². The SMILES string of the molecule is CC(NCc1ccc(C(=O)N2CCCCC2)cc1)c1cnc[nH]1. The first kappa shape index (κ1) is 15.7. The van der Waals surface area contributed by atoms with Gasteiger partial charge in [0.05, 0.1) is 12.0 Å². The molecule has 5 heteroatoms. The molecular formula is C18H24N4O. The first-order valence-electron chi connectivity index (χ1n) is 8.34. The maximum atomic E-state index is 12.4. The first-order valence-corrected chi connectivity index (χ1v) is 8.34. The molecule has 1 aromatic carbocycles. The van der Waals surface area contributed by atoms with Crippen molar-refractivity contribution in [1.29, 1.82) is 0 Å². The molecule has 122 valence electrons. The Morgan fingerprint density at radius 1 is 1.26 bits per heavy atom. The van der Waals surface area contributed by atoms with Crippen LogP contribution < -0.4 is 5.32 Å². The van der Waals surface area contributed by atoms with E-state index >= 15 is 0 Å². The van der Waals surface area contributed by atoms with Crippen LogP contribution in [0.5, 0.6) is 0 Å². The van der Waals surface area contributed by atoms with Gasteiger partial charge < -0.3 is 15.2 Å². The number of H-pyrrole nitrogens is 1. The number of amides is 1. The Bertz CT molecular complexity index is 615. The number of nitrogens with one attached hydrogen (secondary N) is 2. The van der Waals surface area contributed by atoms with Crippen LogP contribution in [0.4, 0.5) is 0 Å². The number of rotatable bonds is 5. The molecule has 1 atom stereocenters. The van der Waals surface area contributed by atoms with Crippen molar-refractivity contribution >= 4 is 5.91 Å². The van der Waals surface area contributed by atoms with Gasteiger partial charge in [-0.15, -0.1) is 0 Å². The molecule has 1 saturated heterocycles. The minimum Gasteiger partial charge on any atom is -0.347 e. The average Bonchev–Trinajstić information content (AvgIpc) is 3.15. The van der Waals surface area contributed by atoms with Gasteiger partial charge in [-0.2, -0.15) is 0 Å². The Morgan fingerprint density at radius 2 is 2.00 bits per heavy atom. The summed E-state index contributed by atoms with van der Waals surface area (Å²) in [5, 5.41) is 3.45. The van der Waals surface area contributed by atoms with Crippen LogP contribution in [-0.4, -0.2) is 33.9 Å². The van der Waals surface area contributed by atoms with Crippen molar-refractivity contribution in [3.63, 3.8) is 0 Å². The Kier molecular flexibility index (Phi) is 5.08. The molecule has 5 nitrogen and oxygen atoms in total. The highest BCUT2D eigenvalue weighted by Crippen LogP contribution is 2.14. The molecule has 0 bridgehead atoms. The highest BCUT2D eigenvalue weighted by molar-refractivity contribution is 5.94. The average molecular weight is 312 g/mol. The zero-order valence-corrected chi connectivity index (χ0v) is 13.6. The molecule has 0 radical (unpaired) electrons. The van der Waals surface area contributed by atoms with Crippen molar-refractivity contribution < 1.29 is 4.79 Å². The Hall–Kier alpha value is -2.14. The number of nitrogens with zero attached hydrogens (tertiary/aromatic N) is 2. The number of benzene rings is 1. The van der Waals surface area contributed by atoms with E-state index in [-0.39, 0.29) is 11.9 Å². The molecule has 0 saturated carbocycles. The lowest BCUT2D eigenvalue weighted by Gasteiger charge is -2.26. The fourth-order valence-electron chi connectivity index (χ4n) is 2.93. The van der Waals surface area contributed by atoms with Crippen molar-refractivity contribution in [3.05, 3.63) is 53.6 Å². The summed E-state index contributed by atoms with van der Waals surface area (Å²) < 4.78 is 0. The van der Waals surface area contributed by atoms with Gasteiger partial charge in [-0.05, 0) is 43.9 Å². The quantitative estimate of drug-likeness (QED) is 0.892. The lowest BCUT2D eigenvalue weighted by atomic mass is 10.1. The zero-order valence-electron chi connectivity index (χ0n) is 13.6. The van der Waals surface area contributed by atoms with E-state index in [0.29, 0.717) is 0 Å². The van der Waals surface area contributed by atoms with Crippen LogP contribution in [0, 0.1) is 0 Å². The van der Waals surface area contributed by atoms with Crippen LogP contribution in [0.2, 0.25) is 0 Å². The van der Waals surface area contributed by atoms with E-state index in [2.05, 4.69) is 22.2 Å². The Labute approximate surface area is 137 Å². The van der Waals surface area contributed by atoms with Crippen LogP contribution in [0.25, 0.3) is 0 Å². The standard InChI is InChI=1S/C18H24N4O/c1-14(17-12-19-13-21-17)20-11-15-5-7-16(8-6-15)18(23)22-9-3-2-4-10-22/h5-8,12-14,20H,2-4,9-11H2,1H3,(H,19,21). The van der Waals surface area contributed by atoms with Gasteiger partial charge in [0, 0.05) is 37.4 Å². The molecule has 0 aliphatic carbocycles. The number of imidazole rings is 1. The number of hydrogen-bond donors (Lipinski definition) is 2. The molecule has 1 aliphatic heterocycles. The summed E-state index contributed by atoms with van der Waals surface area (Å²) in [6.07, 6.45) is 7.01. The monoisotopic (exact) mass is 312 g/mol. The third-order valence-electron chi connectivity index (χ3n) is 4.44. The van der Waals surface area contributed by atoms with Crippen molar-refractivity contribution in [1.82, 2.24) is 20.2 Å². The first-order chi connectivity index (χ1) is 11.2. The van der Waals surface area contributed by atoms with E-state index in [1.54, 1.807) is 6.33 Å². The largest absolute Gasteiger partial charge is 0.347 e. The number of carbonyl (C=O) groups is 1. The minimum atomic E-state index is 0.162. The number of aromatic nitrogens is 2. The summed E-state index contributed by atoms with van der Waals surface area (Å²) in [7, 11) is 0. The second-order valence-corrected chi connectivity index (χ2v) is 6.16. The minimum absolute atomic E-state index is 0.162. The van der Waals surface area contributed by atoms with E-state index in [9.17, 15) is 4.79 Å². The van der Waals surface area contributed by atoms with E-state index in [0.717, 1.165) is 43.7 Å². The summed E-state index contributed by atoms with van der Waals surface area (Å²) in [6.45, 7) is 4.65. The molecule has 2 N–H and O–H groups in total. The van der Waals surface area contributed by atoms with E-state index in [4.69, 9.17) is 0 Å². The van der Waals surface area contributed by atoms with E-state index < -0.39 is 0 Å². The van der Waals surface area contributed by atoms with Gasteiger partial charge in [-0.25, -0.2) is 4.98 Å². The fraction of sp³-hybridized carbons (Fsp3) is 0.444. The van der Waals surface area contributed by atoms with Gasteiger partial charge in [0.1, 0.15) is 0 Å². The molecule has 23 heavy (non-hydrogen) atoms. The highest BCUT2D eigenvalue weighted by Gasteiger charge is 2.17. The lowest BCUT2D eigenvalue weighted by molar-refractivity contribution is 0.0724. The molecule has 1 aliphatic rings. The molecule has 1 fully saturated rings. The Balaban J connectivity index is 1.55. The van der Waals surface area contributed by atoms with Gasteiger partial charge >= 0.3 is 0 Å². The van der Waals surface area contributed by atoms with Gasteiger partial charge in [0.25, 0.3) is 5.91 Å². The summed E-state index contributed by atoms with van der Waals surface area (Å²) in [4.78, 5) is 21.5. The zero-order chi connectivity index (χ0) is 16.1. The molecular weight excluding hydrogens is 288 g/mol. The van der Waals surface area contributed by atoms with Crippen LogP contribution in [0.1, 0.15) is 53.8 Å².